The number of halogens is 3. The maximum absolute atomic E-state index is 6.62. The van der Waals surface area contributed by atoms with Crippen LogP contribution in [0.5, 0.6) is 0 Å². The molecule has 0 saturated heterocycles. The molecule has 0 aliphatic carbocycles. The lowest BCUT2D eigenvalue weighted by Gasteiger charge is -2.34. The van der Waals surface area contributed by atoms with E-state index in [1.807, 2.05) is 79.7 Å². The Labute approximate surface area is 164 Å². The predicted molar refractivity (Wildman–Crippen MR) is 111 cm³/mol. The Kier molecular flexibility index (Phi) is 5.88. The molecule has 25 heavy (non-hydrogen) atoms. The third-order valence-electron chi connectivity index (χ3n) is 4.12. The van der Waals surface area contributed by atoms with E-state index in [0.29, 0.717) is 21.7 Å². The summed E-state index contributed by atoms with van der Waals surface area (Å²) in [5, 5.41) is 4.80. The van der Waals surface area contributed by atoms with Gasteiger partial charge < -0.3 is 4.43 Å². The van der Waals surface area contributed by atoms with Gasteiger partial charge in [-0.3, -0.25) is 0 Å². The molecule has 0 heterocycles. The molecule has 0 fully saturated rings. The fourth-order valence-electron chi connectivity index (χ4n) is 3.13. The zero-order valence-electron chi connectivity index (χ0n) is 13.7. The molecule has 0 aliphatic heterocycles. The third-order valence-corrected chi connectivity index (χ3v) is 9.89. The van der Waals surface area contributed by atoms with Crippen LogP contribution in [-0.2, 0) is 4.43 Å². The molecule has 0 amide bonds. The topological polar surface area (TPSA) is 9.23 Å². The van der Waals surface area contributed by atoms with Crippen molar-refractivity contribution >= 4 is 58.7 Å². The Balaban J connectivity index is 2.44. The van der Waals surface area contributed by atoms with Gasteiger partial charge in [0.15, 0.2) is 0 Å². The van der Waals surface area contributed by atoms with E-state index in [2.05, 4.69) is 0 Å². The van der Waals surface area contributed by atoms with Gasteiger partial charge in [0, 0.05) is 21.7 Å². The summed E-state index contributed by atoms with van der Waals surface area (Å²) in [7, 11) is -2.95. The molecule has 0 spiro atoms. The molecule has 0 unspecified atom stereocenters. The number of benzene rings is 3. The fraction of sp³-hybridized carbons (Fsp3) is 0.100. The molecule has 0 saturated carbocycles. The van der Waals surface area contributed by atoms with Crippen molar-refractivity contribution in [2.75, 3.05) is 6.61 Å². The highest BCUT2D eigenvalue weighted by Crippen LogP contribution is 2.21. The summed E-state index contributed by atoms with van der Waals surface area (Å²) < 4.78 is 6.52. The Bertz CT molecular complexity index is 771. The Hall–Kier alpha value is -1.29. The maximum atomic E-state index is 6.62. The van der Waals surface area contributed by atoms with Crippen molar-refractivity contribution in [3.05, 3.63) is 87.9 Å². The van der Waals surface area contributed by atoms with Crippen LogP contribution in [0, 0.1) is 0 Å². The van der Waals surface area contributed by atoms with Crippen molar-refractivity contribution in [3.63, 3.8) is 0 Å². The molecule has 0 radical (unpaired) electrons. The van der Waals surface area contributed by atoms with E-state index in [1.54, 1.807) is 0 Å². The highest BCUT2D eigenvalue weighted by atomic mass is 35.5. The first-order valence-electron chi connectivity index (χ1n) is 8.00. The minimum Gasteiger partial charge on any atom is -0.405 e. The van der Waals surface area contributed by atoms with Crippen molar-refractivity contribution in [2.24, 2.45) is 0 Å². The third kappa shape index (κ3) is 3.38. The molecular formula is C20H17Cl3OSi. The average molecular weight is 408 g/mol. The average Bonchev–Trinajstić information content (AvgIpc) is 2.62. The lowest BCUT2D eigenvalue weighted by atomic mass is 10.3. The van der Waals surface area contributed by atoms with Gasteiger partial charge in [0.05, 0.1) is 0 Å². The number of hydrogen-bond acceptors (Lipinski definition) is 1. The lowest BCUT2D eigenvalue weighted by Crippen LogP contribution is -2.70. The van der Waals surface area contributed by atoms with E-state index in [9.17, 15) is 0 Å². The second kappa shape index (κ2) is 7.94. The SMILES string of the molecule is CCO[Si](c1ccccc1Cl)(c1ccccc1Cl)c1ccccc1Cl. The van der Waals surface area contributed by atoms with Crippen molar-refractivity contribution < 1.29 is 4.43 Å². The summed E-state index contributed by atoms with van der Waals surface area (Å²) in [5.74, 6) is 0. The highest BCUT2D eigenvalue weighted by Gasteiger charge is 2.45. The van der Waals surface area contributed by atoms with Crippen LogP contribution < -0.4 is 15.6 Å². The molecule has 5 heteroatoms. The normalized spacial score (nSPS) is 11.5. The van der Waals surface area contributed by atoms with Crippen LogP contribution in [-0.4, -0.2) is 14.9 Å². The summed E-state index contributed by atoms with van der Waals surface area (Å²) >= 11 is 19.9. The second-order valence-electron chi connectivity index (χ2n) is 5.55. The fourth-order valence-corrected chi connectivity index (χ4v) is 8.75. The van der Waals surface area contributed by atoms with Gasteiger partial charge in [-0.2, -0.15) is 0 Å². The van der Waals surface area contributed by atoms with Gasteiger partial charge in [0.2, 0.25) is 0 Å². The zero-order valence-corrected chi connectivity index (χ0v) is 16.9. The molecule has 0 N–H and O–H groups in total. The van der Waals surface area contributed by atoms with Crippen LogP contribution >= 0.6 is 34.8 Å². The first-order chi connectivity index (χ1) is 12.1. The molecule has 0 aromatic heterocycles. The van der Waals surface area contributed by atoms with E-state index in [0.717, 1.165) is 15.6 Å². The van der Waals surface area contributed by atoms with Crippen LogP contribution in [0.3, 0.4) is 0 Å². The van der Waals surface area contributed by atoms with E-state index in [4.69, 9.17) is 39.2 Å². The van der Waals surface area contributed by atoms with Gasteiger partial charge in [-0.25, -0.2) is 0 Å². The van der Waals surface area contributed by atoms with Crippen LogP contribution in [0.15, 0.2) is 72.8 Å². The monoisotopic (exact) mass is 406 g/mol. The van der Waals surface area contributed by atoms with Gasteiger partial charge in [-0.1, -0.05) is 89.4 Å². The van der Waals surface area contributed by atoms with Gasteiger partial charge in [0.1, 0.15) is 0 Å². The standard InChI is InChI=1S/C20H17Cl3OSi/c1-2-24-25(18-12-6-3-9-15(18)21,19-13-7-4-10-16(19)22)20-14-8-5-11-17(20)23/h3-14H,2H2,1H3. The first kappa shape index (κ1) is 18.5. The van der Waals surface area contributed by atoms with E-state index in [1.165, 1.54) is 0 Å². The molecular weight excluding hydrogens is 391 g/mol. The molecule has 3 aromatic carbocycles. The van der Waals surface area contributed by atoms with E-state index < -0.39 is 8.32 Å². The number of rotatable bonds is 5. The Morgan fingerprint density at radius 3 is 1.24 bits per heavy atom. The van der Waals surface area contributed by atoms with Gasteiger partial charge in [0.25, 0.3) is 8.32 Å². The molecule has 0 aliphatic rings. The number of hydrogen-bond donors (Lipinski definition) is 0. The molecule has 3 rings (SSSR count). The minimum atomic E-state index is -2.95. The van der Waals surface area contributed by atoms with Crippen molar-refractivity contribution in [2.45, 2.75) is 6.92 Å². The van der Waals surface area contributed by atoms with Crippen LogP contribution in [0.1, 0.15) is 6.92 Å². The first-order valence-corrected chi connectivity index (χ1v) is 11.0. The summed E-state index contributed by atoms with van der Waals surface area (Å²) in [4.78, 5) is 0. The lowest BCUT2D eigenvalue weighted by molar-refractivity contribution is 0.347. The molecule has 0 atom stereocenters. The molecule has 1 nitrogen and oxygen atoms in total. The molecule has 128 valence electrons. The van der Waals surface area contributed by atoms with Crippen molar-refractivity contribution in [3.8, 4) is 0 Å². The Morgan fingerprint density at radius 1 is 0.640 bits per heavy atom. The summed E-state index contributed by atoms with van der Waals surface area (Å²) in [5.41, 5.74) is 0. The van der Waals surface area contributed by atoms with E-state index >= 15 is 0 Å². The van der Waals surface area contributed by atoms with Crippen molar-refractivity contribution in [1.82, 2.24) is 0 Å². The van der Waals surface area contributed by atoms with Gasteiger partial charge in [-0.05, 0) is 40.7 Å². The van der Waals surface area contributed by atoms with Gasteiger partial charge in [-0.15, -0.1) is 0 Å². The van der Waals surface area contributed by atoms with Crippen LogP contribution in [0.4, 0.5) is 0 Å². The summed E-state index contributed by atoms with van der Waals surface area (Å²) in [6.07, 6.45) is 0. The summed E-state index contributed by atoms with van der Waals surface area (Å²) in [6.45, 7) is 2.50. The van der Waals surface area contributed by atoms with Crippen molar-refractivity contribution in [1.29, 1.82) is 0 Å². The Morgan fingerprint density at radius 2 is 0.960 bits per heavy atom. The second-order valence-corrected chi connectivity index (χ2v) is 10.0. The largest absolute Gasteiger partial charge is 0.405 e. The van der Waals surface area contributed by atoms with Gasteiger partial charge >= 0.3 is 0 Å². The van der Waals surface area contributed by atoms with Crippen LogP contribution in [0.25, 0.3) is 0 Å². The van der Waals surface area contributed by atoms with E-state index in [-0.39, 0.29) is 0 Å². The smallest absolute Gasteiger partial charge is 0.292 e. The quantitative estimate of drug-likeness (QED) is 0.442. The highest BCUT2D eigenvalue weighted by molar-refractivity contribution is 7.09. The zero-order chi connectivity index (χ0) is 17.9. The predicted octanol–water partition coefficient (Wildman–Crippen LogP) is 4.65. The maximum Gasteiger partial charge on any atom is 0.292 e. The summed E-state index contributed by atoms with van der Waals surface area (Å²) in [6, 6.07) is 23.3. The molecule has 0 bridgehead atoms. The minimum absolute atomic E-state index is 0.522. The molecule has 3 aromatic rings. The van der Waals surface area contributed by atoms with Crippen LogP contribution in [0.2, 0.25) is 15.1 Å².